The molecule has 1 aromatic rings. The molecule has 14 nitrogen and oxygen atoms in total. The molecule has 1 unspecified atom stereocenters. The second kappa shape index (κ2) is 16.6. The second-order valence-electron chi connectivity index (χ2n) is 9.16. The number of nitrogens with two attached hydrogens (primary N) is 3. The summed E-state index contributed by atoms with van der Waals surface area (Å²) in [6.07, 6.45) is 2.14. The molecule has 14 heteroatoms. The molecule has 1 aromatic carbocycles. The lowest BCUT2D eigenvalue weighted by atomic mass is 10.0. The number of carbonyl (C=O) groups is 5. The smallest absolute Gasteiger partial charge is 0.243 e. The van der Waals surface area contributed by atoms with E-state index < -0.39 is 60.8 Å². The van der Waals surface area contributed by atoms with Gasteiger partial charge in [-0.15, -0.1) is 0 Å². The van der Waals surface area contributed by atoms with Gasteiger partial charge in [-0.05, 0) is 44.2 Å². The van der Waals surface area contributed by atoms with Crippen LogP contribution in [-0.4, -0.2) is 79.8 Å². The predicted octanol–water partition coefficient (Wildman–Crippen LogP) is -2.89. The first kappa shape index (κ1) is 31.0. The van der Waals surface area contributed by atoms with E-state index in [0.717, 1.165) is 5.56 Å². The summed E-state index contributed by atoms with van der Waals surface area (Å²) < 4.78 is 0. The molecular formula is C25H39N9O5. The van der Waals surface area contributed by atoms with Crippen LogP contribution in [0.1, 0.15) is 37.7 Å². The Labute approximate surface area is 227 Å². The van der Waals surface area contributed by atoms with Crippen LogP contribution in [0.3, 0.4) is 0 Å². The van der Waals surface area contributed by atoms with Gasteiger partial charge in [0, 0.05) is 13.0 Å². The van der Waals surface area contributed by atoms with Crippen LogP contribution in [0.4, 0.5) is 0 Å². The molecule has 0 aliphatic carbocycles. The molecule has 0 spiro atoms. The van der Waals surface area contributed by atoms with Crippen molar-refractivity contribution in [3.05, 3.63) is 35.9 Å². The molecule has 1 aliphatic heterocycles. The highest BCUT2D eigenvalue weighted by molar-refractivity contribution is 5.96. The molecule has 214 valence electrons. The lowest BCUT2D eigenvalue weighted by Crippen LogP contribution is -2.57. The Balaban J connectivity index is 2.30. The zero-order valence-electron chi connectivity index (χ0n) is 21.9. The van der Waals surface area contributed by atoms with Crippen molar-refractivity contribution in [2.24, 2.45) is 22.2 Å². The maximum atomic E-state index is 13.3. The van der Waals surface area contributed by atoms with Crippen molar-refractivity contribution in [3.63, 3.8) is 0 Å². The topological polar surface area (TPSA) is 236 Å². The third-order valence-electron chi connectivity index (χ3n) is 5.96. The number of hydrogen-bond donors (Lipinski definition) is 8. The number of carbonyl (C=O) groups excluding carboxylic acids is 5. The third-order valence-corrected chi connectivity index (χ3v) is 5.96. The van der Waals surface area contributed by atoms with Gasteiger partial charge in [0.2, 0.25) is 29.5 Å². The molecule has 0 saturated carbocycles. The summed E-state index contributed by atoms with van der Waals surface area (Å²) in [7, 11) is 0. The van der Waals surface area contributed by atoms with Gasteiger partial charge in [-0.25, -0.2) is 0 Å². The molecule has 5 amide bonds. The highest BCUT2D eigenvalue weighted by atomic mass is 16.2. The Morgan fingerprint density at radius 2 is 1.36 bits per heavy atom. The van der Waals surface area contributed by atoms with Gasteiger partial charge in [-0.3, -0.25) is 29.0 Å². The van der Waals surface area contributed by atoms with Crippen molar-refractivity contribution in [1.29, 1.82) is 0 Å². The number of amides is 5. The lowest BCUT2D eigenvalue weighted by Gasteiger charge is -2.25. The SMILES string of the molecule is NCCCCC1NC(=O)[C@H](Cc2ccccc2)NC(=O)CNC(=O)CNC(=O)[C@H](CCCN=C(N)N)NC1=O. The molecule has 0 radical (unpaired) electrons. The lowest BCUT2D eigenvalue weighted by molar-refractivity contribution is -0.133. The van der Waals surface area contributed by atoms with Gasteiger partial charge in [-0.1, -0.05) is 30.3 Å². The summed E-state index contributed by atoms with van der Waals surface area (Å²) in [6.45, 7) is -0.164. The van der Waals surface area contributed by atoms with Gasteiger partial charge in [0.15, 0.2) is 5.96 Å². The summed E-state index contributed by atoms with van der Waals surface area (Å²) >= 11 is 0. The van der Waals surface area contributed by atoms with E-state index in [0.29, 0.717) is 25.8 Å². The second-order valence-corrected chi connectivity index (χ2v) is 9.16. The van der Waals surface area contributed by atoms with Crippen molar-refractivity contribution in [2.45, 2.75) is 56.7 Å². The van der Waals surface area contributed by atoms with Crippen LogP contribution in [0.5, 0.6) is 0 Å². The van der Waals surface area contributed by atoms with E-state index in [1.165, 1.54) is 0 Å². The number of nitrogens with zero attached hydrogens (tertiary/aromatic N) is 1. The average molecular weight is 546 g/mol. The first-order chi connectivity index (χ1) is 18.7. The Morgan fingerprint density at radius 3 is 2.03 bits per heavy atom. The Hall–Kier alpha value is -4.20. The van der Waals surface area contributed by atoms with Crippen LogP contribution in [0.2, 0.25) is 0 Å². The van der Waals surface area contributed by atoms with Gasteiger partial charge < -0.3 is 43.8 Å². The van der Waals surface area contributed by atoms with E-state index in [1.807, 2.05) is 30.3 Å². The zero-order valence-corrected chi connectivity index (χ0v) is 21.9. The van der Waals surface area contributed by atoms with Crippen LogP contribution in [-0.2, 0) is 30.4 Å². The van der Waals surface area contributed by atoms with Crippen molar-refractivity contribution in [2.75, 3.05) is 26.2 Å². The minimum atomic E-state index is -1.02. The molecule has 0 aromatic heterocycles. The summed E-state index contributed by atoms with van der Waals surface area (Å²) in [5.41, 5.74) is 17.1. The molecule has 2 rings (SSSR count). The molecule has 3 atom stereocenters. The maximum absolute atomic E-state index is 13.3. The number of guanidine groups is 1. The highest BCUT2D eigenvalue weighted by Gasteiger charge is 2.30. The zero-order chi connectivity index (χ0) is 28.6. The van der Waals surface area contributed by atoms with Gasteiger partial charge in [0.1, 0.15) is 18.1 Å². The van der Waals surface area contributed by atoms with Crippen LogP contribution in [0.25, 0.3) is 0 Å². The monoisotopic (exact) mass is 545 g/mol. The first-order valence-electron chi connectivity index (χ1n) is 12.9. The van der Waals surface area contributed by atoms with Gasteiger partial charge in [0.25, 0.3) is 0 Å². The Kier molecular flexibility index (Phi) is 13.2. The van der Waals surface area contributed by atoms with Crippen molar-refractivity contribution >= 4 is 35.5 Å². The van der Waals surface area contributed by atoms with Crippen LogP contribution >= 0.6 is 0 Å². The molecule has 1 heterocycles. The summed E-state index contributed by atoms with van der Waals surface area (Å²) in [4.78, 5) is 68.2. The van der Waals surface area contributed by atoms with E-state index in [4.69, 9.17) is 17.2 Å². The fraction of sp³-hybridized carbons (Fsp3) is 0.520. The van der Waals surface area contributed by atoms with Crippen molar-refractivity contribution < 1.29 is 24.0 Å². The van der Waals surface area contributed by atoms with Gasteiger partial charge in [0.05, 0.1) is 13.1 Å². The number of unbranched alkanes of at least 4 members (excludes halogenated alkanes) is 1. The van der Waals surface area contributed by atoms with Gasteiger partial charge >= 0.3 is 0 Å². The summed E-state index contributed by atoms with van der Waals surface area (Å²) in [6, 6.07) is 6.05. The van der Waals surface area contributed by atoms with Crippen molar-refractivity contribution in [1.82, 2.24) is 26.6 Å². The van der Waals surface area contributed by atoms with E-state index >= 15 is 0 Å². The summed E-state index contributed by atoms with van der Waals surface area (Å²) in [5, 5.41) is 12.9. The molecular weight excluding hydrogens is 506 g/mol. The normalized spacial score (nSPS) is 21.3. The number of aliphatic imine (C=N–C) groups is 1. The molecule has 39 heavy (non-hydrogen) atoms. The van der Waals surface area contributed by atoms with Crippen LogP contribution < -0.4 is 43.8 Å². The molecule has 1 fully saturated rings. The minimum absolute atomic E-state index is 0.0990. The number of nitrogens with one attached hydrogen (secondary N) is 5. The van der Waals surface area contributed by atoms with Gasteiger partial charge in [-0.2, -0.15) is 0 Å². The van der Waals surface area contributed by atoms with E-state index in [1.54, 1.807) is 0 Å². The van der Waals surface area contributed by atoms with Crippen LogP contribution in [0, 0.1) is 0 Å². The highest BCUT2D eigenvalue weighted by Crippen LogP contribution is 2.08. The van der Waals surface area contributed by atoms with E-state index in [-0.39, 0.29) is 31.8 Å². The standard InChI is InChI=1S/C25H39N9O5/c26-11-5-4-9-18-23(38)33-17(10-6-12-29-25(27)28)22(37)31-14-20(35)30-15-21(36)32-19(24(39)34-18)13-16-7-2-1-3-8-16/h1-3,7-8,17-19H,4-6,9-15,26H2,(H,30,35)(H,31,37)(H,32,36)(H,33,38)(H,34,39)(H4,27,28,29)/t17-,18?,19-/m0/s1. The largest absolute Gasteiger partial charge is 0.370 e. The third kappa shape index (κ3) is 11.8. The fourth-order valence-corrected chi connectivity index (χ4v) is 3.92. The number of benzene rings is 1. The molecule has 1 saturated heterocycles. The fourth-order valence-electron chi connectivity index (χ4n) is 3.92. The molecule has 11 N–H and O–H groups in total. The first-order valence-corrected chi connectivity index (χ1v) is 12.9. The summed E-state index contributed by atoms with van der Waals surface area (Å²) in [5.74, 6) is -3.05. The quantitative estimate of drug-likeness (QED) is 0.0861. The van der Waals surface area contributed by atoms with E-state index in [9.17, 15) is 24.0 Å². The van der Waals surface area contributed by atoms with Crippen LogP contribution in [0.15, 0.2) is 35.3 Å². The Morgan fingerprint density at radius 1 is 0.744 bits per heavy atom. The number of rotatable bonds is 10. The molecule has 1 aliphatic rings. The van der Waals surface area contributed by atoms with Crippen molar-refractivity contribution in [3.8, 4) is 0 Å². The Bertz CT molecular complexity index is 1010. The predicted molar refractivity (Wildman–Crippen MR) is 145 cm³/mol. The number of hydrogen-bond acceptors (Lipinski definition) is 7. The average Bonchev–Trinajstić information content (AvgIpc) is 2.91. The van der Waals surface area contributed by atoms with E-state index in [2.05, 4.69) is 31.6 Å². The minimum Gasteiger partial charge on any atom is -0.370 e. The molecule has 0 bridgehead atoms. The maximum Gasteiger partial charge on any atom is 0.243 e.